The first-order valence-corrected chi connectivity index (χ1v) is 18.5. The number of hydrogen-bond acceptors (Lipinski definition) is 1. The molecular formula is C52H36N2. The Balaban J connectivity index is 1.24. The van der Waals surface area contributed by atoms with Crippen molar-refractivity contribution in [1.29, 1.82) is 0 Å². The largest absolute Gasteiger partial charge is 0.310 e. The molecule has 0 aliphatic carbocycles. The molecule has 2 nitrogen and oxygen atoms in total. The van der Waals surface area contributed by atoms with Crippen molar-refractivity contribution in [2.24, 2.45) is 0 Å². The Bertz CT molecular complexity index is 2890. The number of hydrogen-bond donors (Lipinski definition) is 0. The molecule has 1 heterocycles. The number of rotatable bonds is 7. The van der Waals surface area contributed by atoms with Crippen molar-refractivity contribution < 1.29 is 0 Å². The highest BCUT2D eigenvalue weighted by atomic mass is 15.1. The van der Waals surface area contributed by atoms with Gasteiger partial charge in [0.25, 0.3) is 0 Å². The number of fused-ring (bicyclic) bond motifs is 5. The summed E-state index contributed by atoms with van der Waals surface area (Å²) >= 11 is 0. The van der Waals surface area contributed by atoms with Gasteiger partial charge in [0.05, 0.1) is 16.7 Å². The normalized spacial score (nSPS) is 11.3. The predicted molar refractivity (Wildman–Crippen MR) is 229 cm³/mol. The second-order valence-electron chi connectivity index (χ2n) is 13.8. The number of para-hydroxylation sites is 1. The molecule has 10 rings (SSSR count). The maximum Gasteiger partial charge on any atom is 0.0619 e. The molecule has 54 heavy (non-hydrogen) atoms. The second kappa shape index (κ2) is 13.4. The second-order valence-corrected chi connectivity index (χ2v) is 13.8. The van der Waals surface area contributed by atoms with E-state index in [9.17, 15) is 0 Å². The van der Waals surface area contributed by atoms with Gasteiger partial charge in [0.1, 0.15) is 0 Å². The molecule has 0 aliphatic rings. The quantitative estimate of drug-likeness (QED) is 0.162. The summed E-state index contributed by atoms with van der Waals surface area (Å²) in [5.41, 5.74) is 14.0. The summed E-state index contributed by atoms with van der Waals surface area (Å²) in [6, 6.07) is 78.9. The van der Waals surface area contributed by atoms with Gasteiger partial charge in [-0.2, -0.15) is 0 Å². The molecule has 1 aromatic heterocycles. The number of anilines is 3. The summed E-state index contributed by atoms with van der Waals surface area (Å²) in [6.07, 6.45) is 0. The van der Waals surface area contributed by atoms with Crippen LogP contribution in [-0.2, 0) is 0 Å². The van der Waals surface area contributed by atoms with Crippen LogP contribution in [0.5, 0.6) is 0 Å². The molecule has 0 amide bonds. The molecular weight excluding hydrogens is 653 g/mol. The van der Waals surface area contributed by atoms with Gasteiger partial charge in [0.15, 0.2) is 0 Å². The first-order valence-electron chi connectivity index (χ1n) is 18.5. The highest BCUT2D eigenvalue weighted by Crippen LogP contribution is 2.45. The lowest BCUT2D eigenvalue weighted by Crippen LogP contribution is -2.11. The van der Waals surface area contributed by atoms with Crippen molar-refractivity contribution in [1.82, 2.24) is 4.57 Å². The topological polar surface area (TPSA) is 8.17 Å². The summed E-state index contributed by atoms with van der Waals surface area (Å²) in [5.74, 6) is 0. The Morgan fingerprint density at radius 2 is 0.889 bits per heavy atom. The molecule has 0 radical (unpaired) electrons. The van der Waals surface area contributed by atoms with Gasteiger partial charge in [-0.3, -0.25) is 0 Å². The highest BCUT2D eigenvalue weighted by molar-refractivity contribution is 6.19. The van der Waals surface area contributed by atoms with Crippen molar-refractivity contribution in [3.05, 3.63) is 218 Å². The lowest BCUT2D eigenvalue weighted by Gasteiger charge is -2.29. The molecule has 0 saturated carbocycles. The monoisotopic (exact) mass is 688 g/mol. The molecule has 0 unspecified atom stereocenters. The molecule has 2 heteroatoms. The average molecular weight is 689 g/mol. The zero-order valence-corrected chi connectivity index (χ0v) is 29.7. The molecule has 0 saturated heterocycles. The van der Waals surface area contributed by atoms with E-state index in [0.717, 1.165) is 22.7 Å². The standard InChI is InChI=1S/C52H36N2/c1-5-15-37(16-6-1)39-25-29-44(30-26-39)53(50-33-28-42(38-17-7-2-8-18-38)35-48(50)40-19-9-3-10-20-40)45-31-34-51-49(36-45)47-32-27-41-21-13-14-24-46(41)52(47)54(51)43-22-11-4-12-23-43/h1-36H. The van der Waals surface area contributed by atoms with Crippen molar-refractivity contribution in [3.8, 4) is 39.1 Å². The van der Waals surface area contributed by atoms with Crippen LogP contribution in [-0.4, -0.2) is 4.57 Å². The van der Waals surface area contributed by atoms with E-state index in [2.05, 4.69) is 228 Å². The minimum Gasteiger partial charge on any atom is -0.310 e. The molecule has 254 valence electrons. The van der Waals surface area contributed by atoms with Crippen molar-refractivity contribution in [3.63, 3.8) is 0 Å². The molecule has 10 aromatic rings. The molecule has 0 N–H and O–H groups in total. The molecule has 0 bridgehead atoms. The van der Waals surface area contributed by atoms with Crippen LogP contribution in [0.1, 0.15) is 0 Å². The van der Waals surface area contributed by atoms with Crippen LogP contribution in [0.4, 0.5) is 17.1 Å². The SMILES string of the molecule is c1ccc(-c2ccc(N(c3ccc4c(c3)c3ccc5ccccc5c3n4-c3ccccc3)c3ccc(-c4ccccc4)cc3-c3ccccc3)cc2)cc1. The van der Waals surface area contributed by atoms with E-state index >= 15 is 0 Å². The molecule has 0 aliphatic heterocycles. The van der Waals surface area contributed by atoms with Crippen LogP contribution < -0.4 is 4.90 Å². The van der Waals surface area contributed by atoms with E-state index in [1.54, 1.807) is 0 Å². The van der Waals surface area contributed by atoms with Crippen LogP contribution in [0.3, 0.4) is 0 Å². The third-order valence-corrected chi connectivity index (χ3v) is 10.6. The maximum atomic E-state index is 2.43. The fraction of sp³-hybridized carbons (Fsp3) is 0. The van der Waals surface area contributed by atoms with E-state index in [1.807, 2.05) is 0 Å². The van der Waals surface area contributed by atoms with Crippen LogP contribution in [0, 0.1) is 0 Å². The summed E-state index contributed by atoms with van der Waals surface area (Å²) in [6.45, 7) is 0. The van der Waals surface area contributed by atoms with Crippen LogP contribution >= 0.6 is 0 Å². The highest BCUT2D eigenvalue weighted by Gasteiger charge is 2.21. The molecule has 0 atom stereocenters. The summed E-state index contributed by atoms with van der Waals surface area (Å²) in [7, 11) is 0. The fourth-order valence-corrected chi connectivity index (χ4v) is 8.00. The Kier molecular flexibility index (Phi) is 7.85. The Morgan fingerprint density at radius 1 is 0.333 bits per heavy atom. The average Bonchev–Trinajstić information content (AvgIpc) is 3.60. The minimum atomic E-state index is 1.09. The minimum absolute atomic E-state index is 1.09. The lowest BCUT2D eigenvalue weighted by molar-refractivity contribution is 1.18. The summed E-state index contributed by atoms with van der Waals surface area (Å²) in [5, 5.41) is 4.92. The first-order chi connectivity index (χ1) is 26.8. The van der Waals surface area contributed by atoms with Crippen molar-refractivity contribution >= 4 is 49.6 Å². The third kappa shape index (κ3) is 5.53. The van der Waals surface area contributed by atoms with Gasteiger partial charge in [-0.15, -0.1) is 0 Å². The summed E-state index contributed by atoms with van der Waals surface area (Å²) in [4.78, 5) is 2.43. The van der Waals surface area contributed by atoms with E-state index in [1.165, 1.54) is 66.0 Å². The fourth-order valence-electron chi connectivity index (χ4n) is 8.00. The van der Waals surface area contributed by atoms with Crippen LogP contribution in [0.15, 0.2) is 218 Å². The van der Waals surface area contributed by atoms with E-state index in [4.69, 9.17) is 0 Å². The van der Waals surface area contributed by atoms with Gasteiger partial charge < -0.3 is 9.47 Å². The smallest absolute Gasteiger partial charge is 0.0619 e. The molecule has 9 aromatic carbocycles. The Morgan fingerprint density at radius 3 is 1.59 bits per heavy atom. The number of benzene rings is 9. The van der Waals surface area contributed by atoms with Gasteiger partial charge in [-0.1, -0.05) is 164 Å². The van der Waals surface area contributed by atoms with Crippen LogP contribution in [0.25, 0.3) is 71.6 Å². The predicted octanol–water partition coefficient (Wildman–Crippen LogP) is 14.4. The number of nitrogens with zero attached hydrogens (tertiary/aromatic N) is 2. The molecule has 0 fully saturated rings. The van der Waals surface area contributed by atoms with Gasteiger partial charge in [-0.25, -0.2) is 0 Å². The lowest BCUT2D eigenvalue weighted by atomic mass is 9.96. The molecule has 0 spiro atoms. The van der Waals surface area contributed by atoms with Crippen molar-refractivity contribution in [2.75, 3.05) is 4.90 Å². The number of aromatic nitrogens is 1. The third-order valence-electron chi connectivity index (χ3n) is 10.6. The Hall–Kier alpha value is -7.16. The van der Waals surface area contributed by atoms with Crippen LogP contribution in [0.2, 0.25) is 0 Å². The zero-order chi connectivity index (χ0) is 35.8. The van der Waals surface area contributed by atoms with Gasteiger partial charge in [0, 0.05) is 38.8 Å². The Labute approximate surface area is 315 Å². The van der Waals surface area contributed by atoms with Crippen molar-refractivity contribution in [2.45, 2.75) is 0 Å². The van der Waals surface area contributed by atoms with E-state index in [-0.39, 0.29) is 0 Å². The van der Waals surface area contributed by atoms with E-state index < -0.39 is 0 Å². The zero-order valence-electron chi connectivity index (χ0n) is 29.7. The van der Waals surface area contributed by atoms with Gasteiger partial charge >= 0.3 is 0 Å². The van der Waals surface area contributed by atoms with E-state index in [0.29, 0.717) is 0 Å². The first kappa shape index (κ1) is 31.6. The maximum absolute atomic E-state index is 2.43. The van der Waals surface area contributed by atoms with Gasteiger partial charge in [-0.05, 0) is 87.8 Å². The van der Waals surface area contributed by atoms with Gasteiger partial charge in [0.2, 0.25) is 0 Å². The summed E-state index contributed by atoms with van der Waals surface area (Å²) < 4.78 is 2.43.